The molecule has 0 amide bonds. The van der Waals surface area contributed by atoms with Crippen LogP contribution < -0.4 is 10.2 Å². The maximum Gasteiger partial charge on any atom is 0.258 e. The van der Waals surface area contributed by atoms with E-state index in [1.54, 1.807) is 24.3 Å². The van der Waals surface area contributed by atoms with Crippen LogP contribution in [0.5, 0.6) is 0 Å². The Balaban J connectivity index is 2.76. The molecular formula is C12H16BF2NS. The van der Waals surface area contributed by atoms with Crippen molar-refractivity contribution < 1.29 is 8.78 Å². The maximum absolute atomic E-state index is 13.0. The van der Waals surface area contributed by atoms with Crippen molar-refractivity contribution in [3.8, 4) is 0 Å². The summed E-state index contributed by atoms with van der Waals surface area (Å²) in [7, 11) is 5.53. The number of benzene rings is 1. The molecule has 0 bridgehead atoms. The summed E-state index contributed by atoms with van der Waals surface area (Å²) in [6, 6.07) is 5.55. The second kappa shape index (κ2) is 5.87. The zero-order chi connectivity index (χ0) is 13.1. The largest absolute Gasteiger partial charge is 0.258 e. The van der Waals surface area contributed by atoms with Gasteiger partial charge < -0.3 is 0 Å². The second-order valence-corrected chi connectivity index (χ2v) is 6.48. The van der Waals surface area contributed by atoms with Crippen molar-refractivity contribution >= 4 is 25.3 Å². The Labute approximate surface area is 107 Å². The molecule has 0 heterocycles. The fourth-order valence-electron chi connectivity index (χ4n) is 1.21. The molecule has 0 aliphatic carbocycles. The lowest BCUT2D eigenvalue weighted by atomic mass is 9.94. The zero-order valence-corrected chi connectivity index (χ0v) is 11.0. The highest BCUT2D eigenvalue weighted by atomic mass is 32.2. The van der Waals surface area contributed by atoms with Crippen LogP contribution in [0.3, 0.4) is 0 Å². The average Bonchev–Trinajstić information content (AvgIpc) is 2.18. The van der Waals surface area contributed by atoms with E-state index in [1.165, 1.54) is 11.9 Å². The third-order valence-corrected chi connectivity index (χ3v) is 3.02. The van der Waals surface area contributed by atoms with Gasteiger partial charge in [-0.1, -0.05) is 41.7 Å². The normalized spacial score (nSPS) is 14.0. The van der Waals surface area contributed by atoms with Crippen molar-refractivity contribution in [3.05, 3.63) is 29.8 Å². The topological polar surface area (TPSA) is 12.0 Å². The SMILES string of the molecule is [B]c1ccc(C(NSC(C)(C)C)C(F)F)cc1. The van der Waals surface area contributed by atoms with Crippen LogP contribution in [-0.4, -0.2) is 19.0 Å². The van der Waals surface area contributed by atoms with Crippen LogP contribution in [0.25, 0.3) is 0 Å². The van der Waals surface area contributed by atoms with Crippen LogP contribution in [0.4, 0.5) is 8.78 Å². The molecular weight excluding hydrogens is 239 g/mol. The van der Waals surface area contributed by atoms with Gasteiger partial charge in [-0.2, -0.15) is 0 Å². The first-order valence-electron chi connectivity index (χ1n) is 5.37. The predicted octanol–water partition coefficient (Wildman–Crippen LogP) is 2.82. The summed E-state index contributed by atoms with van der Waals surface area (Å²) < 4.78 is 28.6. The lowest BCUT2D eigenvalue weighted by Gasteiger charge is -2.24. The molecule has 0 aliphatic rings. The standard InChI is InChI=1S/C12H16BF2NS/c1-12(2,3)17-16-10(11(14)15)8-4-6-9(13)7-5-8/h4-7,10-11,16H,1-3H3. The molecule has 0 saturated carbocycles. The van der Waals surface area contributed by atoms with Gasteiger partial charge in [0.25, 0.3) is 6.43 Å². The van der Waals surface area contributed by atoms with Crippen LogP contribution in [0.15, 0.2) is 24.3 Å². The molecule has 2 radical (unpaired) electrons. The van der Waals surface area contributed by atoms with Crippen molar-refractivity contribution in [2.45, 2.75) is 38.0 Å². The van der Waals surface area contributed by atoms with Gasteiger partial charge in [-0.05, 0) is 26.3 Å². The van der Waals surface area contributed by atoms with E-state index in [0.29, 0.717) is 11.0 Å². The molecule has 0 saturated heterocycles. The monoisotopic (exact) mass is 255 g/mol. The minimum absolute atomic E-state index is 0.110. The van der Waals surface area contributed by atoms with Gasteiger partial charge in [-0.25, -0.2) is 8.78 Å². The molecule has 5 heteroatoms. The van der Waals surface area contributed by atoms with Crippen molar-refractivity contribution in [3.63, 3.8) is 0 Å². The molecule has 0 aromatic heterocycles. The average molecular weight is 255 g/mol. The van der Waals surface area contributed by atoms with Crippen LogP contribution in [0.1, 0.15) is 32.4 Å². The summed E-state index contributed by atoms with van der Waals surface area (Å²) in [6.45, 7) is 5.91. The van der Waals surface area contributed by atoms with Gasteiger partial charge in [0.05, 0.1) is 0 Å². The van der Waals surface area contributed by atoms with Crippen molar-refractivity contribution in [2.24, 2.45) is 0 Å². The molecule has 0 aliphatic heterocycles. The number of halogens is 2. The number of nitrogens with one attached hydrogen (secondary N) is 1. The summed E-state index contributed by atoms with van der Waals surface area (Å²) in [6.07, 6.45) is -2.45. The van der Waals surface area contributed by atoms with Crippen LogP contribution >= 0.6 is 11.9 Å². The van der Waals surface area contributed by atoms with Crippen LogP contribution in [0, 0.1) is 0 Å². The summed E-state index contributed by atoms with van der Waals surface area (Å²) in [5.74, 6) is 0. The molecule has 1 aromatic rings. The fourth-order valence-corrected chi connectivity index (χ4v) is 1.93. The summed E-state index contributed by atoms with van der Waals surface area (Å²) >= 11 is 1.31. The van der Waals surface area contributed by atoms with Crippen molar-refractivity contribution in [1.82, 2.24) is 4.72 Å². The van der Waals surface area contributed by atoms with Gasteiger partial charge in [-0.15, -0.1) is 0 Å². The summed E-state index contributed by atoms with van der Waals surface area (Å²) in [5, 5.41) is 0. The molecule has 0 fully saturated rings. The molecule has 1 N–H and O–H groups in total. The Kier molecular flexibility index (Phi) is 5.01. The van der Waals surface area contributed by atoms with Gasteiger partial charge in [0.2, 0.25) is 0 Å². The number of alkyl halides is 2. The second-order valence-electron chi connectivity index (χ2n) is 4.81. The molecule has 0 spiro atoms. The summed E-state index contributed by atoms with van der Waals surface area (Å²) in [4.78, 5) is 0. The lowest BCUT2D eigenvalue weighted by molar-refractivity contribution is 0.110. The van der Waals surface area contributed by atoms with E-state index in [4.69, 9.17) is 7.85 Å². The Morgan fingerprint density at radius 1 is 1.18 bits per heavy atom. The molecule has 1 atom stereocenters. The number of rotatable bonds is 4. The first-order valence-corrected chi connectivity index (χ1v) is 6.18. The Hall–Kier alpha value is -0.545. The maximum atomic E-state index is 13.0. The smallest absolute Gasteiger partial charge is 0.250 e. The van der Waals surface area contributed by atoms with Crippen LogP contribution in [-0.2, 0) is 0 Å². The van der Waals surface area contributed by atoms with E-state index in [2.05, 4.69) is 4.72 Å². The minimum Gasteiger partial charge on any atom is -0.250 e. The predicted molar refractivity (Wildman–Crippen MR) is 71.1 cm³/mol. The molecule has 1 aromatic carbocycles. The summed E-state index contributed by atoms with van der Waals surface area (Å²) in [5.41, 5.74) is 1.12. The number of hydrogen-bond acceptors (Lipinski definition) is 2. The molecule has 17 heavy (non-hydrogen) atoms. The third kappa shape index (κ3) is 5.09. The van der Waals surface area contributed by atoms with Crippen molar-refractivity contribution in [1.29, 1.82) is 0 Å². The lowest BCUT2D eigenvalue weighted by Crippen LogP contribution is -2.26. The van der Waals surface area contributed by atoms with E-state index < -0.39 is 12.5 Å². The van der Waals surface area contributed by atoms with Gasteiger partial charge in [0, 0.05) is 4.75 Å². The Bertz CT molecular complexity index is 349. The van der Waals surface area contributed by atoms with E-state index >= 15 is 0 Å². The molecule has 1 nitrogen and oxygen atoms in total. The Morgan fingerprint density at radius 3 is 2.12 bits per heavy atom. The van der Waals surface area contributed by atoms with E-state index in [1.807, 2.05) is 20.8 Å². The van der Waals surface area contributed by atoms with E-state index in [9.17, 15) is 8.78 Å². The minimum atomic E-state index is -2.45. The molecule has 1 unspecified atom stereocenters. The van der Waals surface area contributed by atoms with E-state index in [0.717, 1.165) is 0 Å². The number of hydrogen-bond donors (Lipinski definition) is 1. The van der Waals surface area contributed by atoms with Crippen LogP contribution in [0.2, 0.25) is 0 Å². The molecule has 92 valence electrons. The fraction of sp³-hybridized carbons (Fsp3) is 0.500. The van der Waals surface area contributed by atoms with Gasteiger partial charge in [-0.3, -0.25) is 4.72 Å². The Morgan fingerprint density at radius 2 is 1.71 bits per heavy atom. The highest BCUT2D eigenvalue weighted by Gasteiger charge is 2.24. The van der Waals surface area contributed by atoms with Crippen molar-refractivity contribution in [2.75, 3.05) is 0 Å². The van der Waals surface area contributed by atoms with Gasteiger partial charge in [0.1, 0.15) is 13.9 Å². The first-order chi connectivity index (χ1) is 7.79. The first kappa shape index (κ1) is 14.5. The highest BCUT2D eigenvalue weighted by molar-refractivity contribution is 7.98. The van der Waals surface area contributed by atoms with E-state index in [-0.39, 0.29) is 4.75 Å². The zero-order valence-electron chi connectivity index (χ0n) is 10.2. The molecule has 1 rings (SSSR count). The van der Waals surface area contributed by atoms with Gasteiger partial charge in [0.15, 0.2) is 0 Å². The van der Waals surface area contributed by atoms with Gasteiger partial charge >= 0.3 is 0 Å². The highest BCUT2D eigenvalue weighted by Crippen LogP contribution is 2.27. The quantitative estimate of drug-likeness (QED) is 0.655. The third-order valence-electron chi connectivity index (χ3n) is 2.04.